The number of ether oxygens (including phenoxy) is 2. The van der Waals surface area contributed by atoms with Crippen LogP contribution < -0.4 is 11.1 Å². The molecule has 4 amide bonds. The van der Waals surface area contributed by atoms with Gasteiger partial charge in [0.25, 0.3) is 5.91 Å². The molecule has 2 atom stereocenters. The first-order valence-corrected chi connectivity index (χ1v) is 20.2. The number of likely N-dealkylation sites (N-methyl/N-ethyl adjacent to an activating group) is 1. The number of halogens is 4. The number of carbonyl (C=O) groups is 4. The predicted octanol–water partition coefficient (Wildman–Crippen LogP) is 5.49. The fraction of sp³-hybridized carbons (Fsp3) is 0.600. The van der Waals surface area contributed by atoms with Crippen molar-refractivity contribution in [3.05, 3.63) is 58.1 Å². The lowest BCUT2D eigenvalue weighted by atomic mass is 9.94. The summed E-state index contributed by atoms with van der Waals surface area (Å²) in [5.74, 6) is -0.774. The summed E-state index contributed by atoms with van der Waals surface area (Å²) < 4.78 is 53.3. The summed E-state index contributed by atoms with van der Waals surface area (Å²) in [4.78, 5) is 63.1. The molecule has 13 nitrogen and oxygen atoms in total. The van der Waals surface area contributed by atoms with E-state index in [0.29, 0.717) is 71.3 Å². The number of nitrogens with zero attached hydrogens (tertiary/aromatic N) is 5. The molecule has 4 aliphatic rings. The molecule has 312 valence electrons. The Bertz CT molecular complexity index is 1770. The minimum atomic E-state index is -4.80. The minimum Gasteiger partial charge on any atom is -0.463 e. The van der Waals surface area contributed by atoms with Gasteiger partial charge in [-0.3, -0.25) is 14.5 Å². The quantitative estimate of drug-likeness (QED) is 0.235. The highest BCUT2D eigenvalue weighted by Crippen LogP contribution is 2.38. The first kappa shape index (κ1) is 42.3. The molecule has 0 aliphatic carbocycles. The van der Waals surface area contributed by atoms with E-state index in [0.717, 1.165) is 36.7 Å². The number of anilines is 2. The first-order valence-electron chi connectivity index (χ1n) is 19.8. The van der Waals surface area contributed by atoms with E-state index >= 15 is 0 Å². The number of nitrogen functional groups attached to an aromatic ring is 1. The van der Waals surface area contributed by atoms with Crippen LogP contribution in [0.15, 0.2) is 36.4 Å². The van der Waals surface area contributed by atoms with Crippen molar-refractivity contribution < 1.29 is 41.8 Å². The molecule has 4 heterocycles. The van der Waals surface area contributed by atoms with Gasteiger partial charge in [0.15, 0.2) is 6.10 Å². The van der Waals surface area contributed by atoms with Crippen molar-refractivity contribution in [2.45, 2.75) is 88.2 Å². The van der Waals surface area contributed by atoms with E-state index in [1.807, 2.05) is 43.3 Å². The monoisotopic (exact) mass is 819 g/mol. The molecule has 0 aromatic heterocycles. The largest absolute Gasteiger partial charge is 0.463 e. The smallest absolute Gasteiger partial charge is 0.418 e. The lowest BCUT2D eigenvalue weighted by molar-refractivity contribution is -0.154. The number of urea groups is 1. The molecule has 2 aromatic carbocycles. The van der Waals surface area contributed by atoms with Crippen molar-refractivity contribution in [3.63, 3.8) is 0 Å². The third-order valence-electron chi connectivity index (χ3n) is 11.6. The van der Waals surface area contributed by atoms with Gasteiger partial charge in [0, 0.05) is 63.5 Å². The molecule has 3 N–H and O–H groups in total. The van der Waals surface area contributed by atoms with Crippen molar-refractivity contribution in [1.82, 2.24) is 24.5 Å². The van der Waals surface area contributed by atoms with Crippen molar-refractivity contribution in [2.75, 3.05) is 77.6 Å². The zero-order valence-electron chi connectivity index (χ0n) is 32.6. The third-order valence-corrected chi connectivity index (χ3v) is 11.9. The Morgan fingerprint density at radius 2 is 1.63 bits per heavy atom. The van der Waals surface area contributed by atoms with Crippen molar-refractivity contribution in [2.24, 2.45) is 0 Å². The molecule has 3 fully saturated rings. The molecule has 0 radical (unpaired) electrons. The zero-order valence-corrected chi connectivity index (χ0v) is 33.3. The van der Waals surface area contributed by atoms with E-state index < -0.39 is 35.5 Å². The maximum atomic E-state index is 14.2. The number of hydrogen-bond donors (Lipinski definition) is 2. The molecular formula is C40H53ClF3N7O6. The van der Waals surface area contributed by atoms with Crippen LogP contribution in [0.2, 0.25) is 5.02 Å². The SMILES string of the molecule is CN(C)CCOC(=O)[C@H]1CCCCN1C1CCN(C(=O)[C@@H](Cc2cc(Cl)c(N)c(C(F)(F)F)c2)OC(=O)N2CCC(N3CCc4ccccc4NC3=O)CC2)CC1. The van der Waals surface area contributed by atoms with Crippen LogP contribution >= 0.6 is 11.6 Å². The van der Waals surface area contributed by atoms with Gasteiger partial charge in [-0.15, -0.1) is 0 Å². The van der Waals surface area contributed by atoms with Gasteiger partial charge in [0.05, 0.1) is 16.3 Å². The number of likely N-dealkylation sites (tertiary alicyclic amines) is 3. The van der Waals surface area contributed by atoms with Crippen LogP contribution in [0.5, 0.6) is 0 Å². The molecule has 0 unspecified atom stereocenters. The van der Waals surface area contributed by atoms with E-state index in [1.54, 1.807) is 9.80 Å². The van der Waals surface area contributed by atoms with Gasteiger partial charge in [-0.25, -0.2) is 9.59 Å². The fourth-order valence-corrected chi connectivity index (χ4v) is 8.65. The lowest BCUT2D eigenvalue weighted by Gasteiger charge is -2.44. The number of para-hydroxylation sites is 1. The van der Waals surface area contributed by atoms with Gasteiger partial charge in [0.1, 0.15) is 12.6 Å². The summed E-state index contributed by atoms with van der Waals surface area (Å²) in [6.07, 6.45) is -2.06. The van der Waals surface area contributed by atoms with Crippen molar-refractivity contribution in [3.8, 4) is 0 Å². The third kappa shape index (κ3) is 10.4. The number of amides is 4. The number of nitrogens with two attached hydrogens (primary N) is 1. The Hall–Kier alpha value is -4.28. The number of benzene rings is 2. The number of esters is 1. The summed E-state index contributed by atoms with van der Waals surface area (Å²) in [6.45, 7) is 3.30. The van der Waals surface area contributed by atoms with Gasteiger partial charge < -0.3 is 40.1 Å². The molecule has 0 spiro atoms. The Kier molecular flexibility index (Phi) is 13.8. The number of fused-ring (bicyclic) bond motifs is 1. The molecule has 2 aromatic rings. The van der Waals surface area contributed by atoms with Gasteiger partial charge in [-0.2, -0.15) is 13.2 Å². The van der Waals surface area contributed by atoms with Crippen molar-refractivity contribution in [1.29, 1.82) is 0 Å². The van der Waals surface area contributed by atoms with Crippen LogP contribution in [0.1, 0.15) is 61.6 Å². The number of hydrogen-bond acceptors (Lipinski definition) is 9. The van der Waals surface area contributed by atoms with Crippen LogP contribution in [0, 0.1) is 0 Å². The second kappa shape index (κ2) is 18.5. The van der Waals surface area contributed by atoms with E-state index in [4.69, 9.17) is 26.8 Å². The van der Waals surface area contributed by atoms with Crippen LogP contribution in [0.3, 0.4) is 0 Å². The summed E-state index contributed by atoms with van der Waals surface area (Å²) >= 11 is 6.15. The van der Waals surface area contributed by atoms with E-state index in [2.05, 4.69) is 10.2 Å². The lowest BCUT2D eigenvalue weighted by Crippen LogP contribution is -2.56. The summed E-state index contributed by atoms with van der Waals surface area (Å²) in [5.41, 5.74) is 5.79. The minimum absolute atomic E-state index is 0.0220. The number of piperidine rings is 3. The topological polar surface area (TPSA) is 141 Å². The number of alkyl halides is 3. The second-order valence-electron chi connectivity index (χ2n) is 15.6. The van der Waals surface area contributed by atoms with E-state index in [1.165, 1.54) is 11.0 Å². The number of nitrogens with one attached hydrogen (secondary N) is 1. The summed E-state index contributed by atoms with van der Waals surface area (Å²) in [7, 11) is 3.82. The zero-order chi connectivity index (χ0) is 40.9. The Morgan fingerprint density at radius 3 is 2.33 bits per heavy atom. The van der Waals surface area contributed by atoms with Gasteiger partial charge in [-0.1, -0.05) is 36.2 Å². The second-order valence-corrected chi connectivity index (χ2v) is 16.0. The molecule has 0 saturated carbocycles. The molecule has 57 heavy (non-hydrogen) atoms. The molecule has 6 rings (SSSR count). The Balaban J connectivity index is 1.12. The average molecular weight is 820 g/mol. The predicted molar refractivity (Wildman–Crippen MR) is 209 cm³/mol. The molecular weight excluding hydrogens is 767 g/mol. The van der Waals surface area contributed by atoms with Crippen LogP contribution in [0.25, 0.3) is 0 Å². The highest BCUT2D eigenvalue weighted by molar-refractivity contribution is 6.33. The van der Waals surface area contributed by atoms with Gasteiger partial charge in [0.2, 0.25) is 0 Å². The standard InChI is InChI=1S/C40H53ClF3N7O6/c1-47(2)21-22-56-37(53)33-9-5-6-15-50(33)28-11-16-48(17-12-28)36(52)34(25-26-23-30(40(42,43)44)35(45)31(41)24-26)57-39(55)49-18-13-29(14-19-49)51-20-10-27-7-3-4-8-32(27)46-38(51)54/h3-4,7-8,23-24,28-29,33-34H,5-6,9-22,25,45H2,1-2H3,(H,46,54)/t33-,34-/m1/s1. The van der Waals surface area contributed by atoms with Crippen molar-refractivity contribution >= 4 is 47.0 Å². The van der Waals surface area contributed by atoms with Crippen LogP contribution in [0.4, 0.5) is 34.1 Å². The number of carbonyl (C=O) groups excluding carboxylic acids is 4. The maximum absolute atomic E-state index is 14.2. The van der Waals surface area contributed by atoms with Crippen LogP contribution in [-0.4, -0.2) is 139 Å². The Morgan fingerprint density at radius 1 is 0.947 bits per heavy atom. The average Bonchev–Trinajstić information content (AvgIpc) is 3.36. The molecule has 4 aliphatic heterocycles. The molecule has 3 saturated heterocycles. The summed E-state index contributed by atoms with van der Waals surface area (Å²) in [5, 5.41) is 2.66. The highest BCUT2D eigenvalue weighted by atomic mass is 35.5. The Labute approximate surface area is 336 Å². The van der Waals surface area contributed by atoms with Gasteiger partial charge >= 0.3 is 24.3 Å². The normalized spacial score (nSPS) is 20.8. The number of rotatable bonds is 10. The molecule has 0 bridgehead atoms. The first-order chi connectivity index (χ1) is 27.2. The maximum Gasteiger partial charge on any atom is 0.418 e. The molecule has 17 heteroatoms. The van der Waals surface area contributed by atoms with Gasteiger partial charge in [-0.05, 0) is 94.9 Å². The van der Waals surface area contributed by atoms with E-state index in [-0.39, 0.29) is 60.2 Å². The fourth-order valence-electron chi connectivity index (χ4n) is 8.40. The van der Waals surface area contributed by atoms with E-state index in [9.17, 15) is 32.3 Å². The highest BCUT2D eigenvalue weighted by Gasteiger charge is 2.40. The summed E-state index contributed by atoms with van der Waals surface area (Å²) in [6, 6.07) is 9.08. The van der Waals surface area contributed by atoms with Crippen LogP contribution in [-0.2, 0) is 38.1 Å².